The molecule has 0 amide bonds. The van der Waals surface area contributed by atoms with Gasteiger partial charge in [0.15, 0.2) is 0 Å². The SMILES string of the molecule is ClCc1cncc(OCc2cccc(Br)c2)n1. The van der Waals surface area contributed by atoms with Crippen molar-refractivity contribution in [2.45, 2.75) is 12.5 Å². The molecule has 17 heavy (non-hydrogen) atoms. The minimum absolute atomic E-state index is 0.334. The van der Waals surface area contributed by atoms with E-state index in [-0.39, 0.29) is 0 Å². The molecule has 88 valence electrons. The summed E-state index contributed by atoms with van der Waals surface area (Å²) >= 11 is 9.08. The molecule has 0 aliphatic rings. The van der Waals surface area contributed by atoms with Crippen LogP contribution in [-0.4, -0.2) is 9.97 Å². The van der Waals surface area contributed by atoms with Crippen LogP contribution in [-0.2, 0) is 12.5 Å². The van der Waals surface area contributed by atoms with E-state index >= 15 is 0 Å². The van der Waals surface area contributed by atoms with Gasteiger partial charge in [0.1, 0.15) is 6.61 Å². The van der Waals surface area contributed by atoms with Crippen molar-refractivity contribution in [3.63, 3.8) is 0 Å². The van der Waals surface area contributed by atoms with Gasteiger partial charge >= 0.3 is 0 Å². The molecule has 0 atom stereocenters. The highest BCUT2D eigenvalue weighted by atomic mass is 79.9. The molecule has 3 nitrogen and oxygen atoms in total. The first-order valence-electron chi connectivity index (χ1n) is 5.02. The van der Waals surface area contributed by atoms with Crippen LogP contribution in [0.15, 0.2) is 41.1 Å². The molecule has 1 heterocycles. The van der Waals surface area contributed by atoms with Gasteiger partial charge in [0, 0.05) is 10.7 Å². The van der Waals surface area contributed by atoms with Gasteiger partial charge in [-0.25, -0.2) is 4.98 Å². The fraction of sp³-hybridized carbons (Fsp3) is 0.167. The minimum Gasteiger partial charge on any atom is -0.472 e. The van der Waals surface area contributed by atoms with Crippen LogP contribution < -0.4 is 4.74 Å². The number of ether oxygens (including phenoxy) is 1. The van der Waals surface area contributed by atoms with E-state index in [1.807, 2.05) is 24.3 Å². The average Bonchev–Trinajstić information content (AvgIpc) is 2.37. The molecule has 0 aliphatic heterocycles. The standard InChI is InChI=1S/C12H10BrClN2O/c13-10-3-1-2-9(4-10)8-17-12-7-15-6-11(5-14)16-12/h1-4,6-7H,5,8H2. The molecule has 0 aliphatic carbocycles. The number of rotatable bonds is 4. The molecular formula is C12H10BrClN2O. The highest BCUT2D eigenvalue weighted by molar-refractivity contribution is 9.10. The largest absolute Gasteiger partial charge is 0.472 e. The van der Waals surface area contributed by atoms with Gasteiger partial charge in [-0.2, -0.15) is 0 Å². The van der Waals surface area contributed by atoms with Crippen molar-refractivity contribution < 1.29 is 4.74 Å². The van der Waals surface area contributed by atoms with E-state index in [4.69, 9.17) is 16.3 Å². The zero-order valence-corrected chi connectivity index (χ0v) is 11.3. The molecule has 0 radical (unpaired) electrons. The smallest absolute Gasteiger partial charge is 0.232 e. The summed E-state index contributed by atoms with van der Waals surface area (Å²) in [7, 11) is 0. The third-order valence-electron chi connectivity index (χ3n) is 2.07. The normalized spacial score (nSPS) is 10.2. The third kappa shape index (κ3) is 3.68. The topological polar surface area (TPSA) is 35.0 Å². The molecule has 0 saturated heterocycles. The summed E-state index contributed by atoms with van der Waals surface area (Å²) in [5, 5.41) is 0. The summed E-state index contributed by atoms with van der Waals surface area (Å²) < 4.78 is 6.56. The van der Waals surface area contributed by atoms with Crippen molar-refractivity contribution >= 4 is 27.5 Å². The van der Waals surface area contributed by atoms with E-state index in [1.165, 1.54) is 0 Å². The number of hydrogen-bond acceptors (Lipinski definition) is 3. The lowest BCUT2D eigenvalue weighted by Crippen LogP contribution is -1.99. The Morgan fingerprint density at radius 3 is 2.94 bits per heavy atom. The van der Waals surface area contributed by atoms with Crippen LogP contribution in [0.2, 0.25) is 0 Å². The highest BCUT2D eigenvalue weighted by Crippen LogP contribution is 2.14. The fourth-order valence-corrected chi connectivity index (χ4v) is 1.88. The lowest BCUT2D eigenvalue weighted by molar-refractivity contribution is 0.291. The van der Waals surface area contributed by atoms with Crippen molar-refractivity contribution in [3.8, 4) is 5.88 Å². The van der Waals surface area contributed by atoms with Crippen LogP contribution in [0, 0.1) is 0 Å². The lowest BCUT2D eigenvalue weighted by atomic mass is 10.2. The Hall–Kier alpha value is -1.13. The van der Waals surface area contributed by atoms with Crippen molar-refractivity contribution in [3.05, 3.63) is 52.4 Å². The van der Waals surface area contributed by atoms with Gasteiger partial charge in [-0.1, -0.05) is 28.1 Å². The van der Waals surface area contributed by atoms with Crippen molar-refractivity contribution in [1.82, 2.24) is 9.97 Å². The monoisotopic (exact) mass is 312 g/mol. The Bertz CT molecular complexity index is 507. The zero-order chi connectivity index (χ0) is 12.1. The minimum atomic E-state index is 0.334. The Balaban J connectivity index is 2.02. The number of aromatic nitrogens is 2. The maximum atomic E-state index is 5.67. The third-order valence-corrected chi connectivity index (χ3v) is 2.84. The van der Waals surface area contributed by atoms with E-state index in [2.05, 4.69) is 25.9 Å². The van der Waals surface area contributed by atoms with Crippen LogP contribution in [0.4, 0.5) is 0 Å². The molecule has 0 bridgehead atoms. The number of alkyl halides is 1. The van der Waals surface area contributed by atoms with E-state index in [9.17, 15) is 0 Å². The molecule has 1 aromatic carbocycles. The van der Waals surface area contributed by atoms with Gasteiger partial charge in [-0.3, -0.25) is 4.98 Å². The van der Waals surface area contributed by atoms with Gasteiger partial charge in [0.05, 0.1) is 17.8 Å². The van der Waals surface area contributed by atoms with Gasteiger partial charge < -0.3 is 4.74 Å². The van der Waals surface area contributed by atoms with Crippen molar-refractivity contribution in [1.29, 1.82) is 0 Å². The van der Waals surface area contributed by atoms with Crippen molar-refractivity contribution in [2.75, 3.05) is 0 Å². The van der Waals surface area contributed by atoms with Crippen LogP contribution in [0.25, 0.3) is 0 Å². The van der Waals surface area contributed by atoms with Gasteiger partial charge in [-0.15, -0.1) is 11.6 Å². The Labute approximate surface area is 113 Å². The van der Waals surface area contributed by atoms with E-state index in [0.717, 1.165) is 10.0 Å². The number of halogens is 2. The Morgan fingerprint density at radius 1 is 1.29 bits per heavy atom. The maximum absolute atomic E-state index is 5.67. The van der Waals surface area contributed by atoms with E-state index in [0.29, 0.717) is 24.1 Å². The van der Waals surface area contributed by atoms with Crippen LogP contribution in [0.3, 0.4) is 0 Å². The maximum Gasteiger partial charge on any atom is 0.232 e. The molecule has 1 aromatic heterocycles. The molecule has 2 rings (SSSR count). The van der Waals surface area contributed by atoms with Crippen molar-refractivity contribution in [2.24, 2.45) is 0 Å². The summed E-state index contributed by atoms with van der Waals surface area (Å²) in [6.07, 6.45) is 3.20. The fourth-order valence-electron chi connectivity index (χ4n) is 1.30. The second-order valence-corrected chi connectivity index (χ2v) is 4.58. The molecule has 5 heteroatoms. The van der Waals surface area contributed by atoms with Gasteiger partial charge in [0.2, 0.25) is 5.88 Å². The summed E-state index contributed by atoms with van der Waals surface area (Å²) in [4.78, 5) is 8.20. The zero-order valence-electron chi connectivity index (χ0n) is 8.94. The predicted molar refractivity (Wildman–Crippen MR) is 70.1 cm³/mol. The van der Waals surface area contributed by atoms with Gasteiger partial charge in [0.25, 0.3) is 0 Å². The first-order valence-corrected chi connectivity index (χ1v) is 6.35. The Morgan fingerprint density at radius 2 is 2.18 bits per heavy atom. The molecule has 0 spiro atoms. The van der Waals surface area contributed by atoms with E-state index < -0.39 is 0 Å². The summed E-state index contributed by atoms with van der Waals surface area (Å²) in [6.45, 7) is 0.458. The predicted octanol–water partition coefficient (Wildman–Crippen LogP) is 3.56. The second-order valence-electron chi connectivity index (χ2n) is 3.40. The quantitative estimate of drug-likeness (QED) is 0.810. The molecule has 0 N–H and O–H groups in total. The summed E-state index contributed by atoms with van der Waals surface area (Å²) in [5.74, 6) is 0.823. The first-order chi connectivity index (χ1) is 8.28. The Kier molecular flexibility index (Phi) is 4.34. The second kappa shape index (κ2) is 5.98. The number of benzene rings is 1. The van der Waals surface area contributed by atoms with Crippen LogP contribution in [0.5, 0.6) is 5.88 Å². The van der Waals surface area contributed by atoms with Crippen LogP contribution in [0.1, 0.15) is 11.3 Å². The number of nitrogens with zero attached hydrogens (tertiary/aromatic N) is 2. The van der Waals surface area contributed by atoms with Crippen LogP contribution >= 0.6 is 27.5 Å². The average molecular weight is 314 g/mol. The lowest BCUT2D eigenvalue weighted by Gasteiger charge is -2.06. The molecule has 0 saturated carbocycles. The van der Waals surface area contributed by atoms with Gasteiger partial charge in [-0.05, 0) is 17.7 Å². The summed E-state index contributed by atoms with van der Waals surface area (Å²) in [6, 6.07) is 7.92. The molecule has 2 aromatic rings. The summed E-state index contributed by atoms with van der Waals surface area (Å²) in [5.41, 5.74) is 1.77. The number of hydrogen-bond donors (Lipinski definition) is 0. The molecule has 0 fully saturated rings. The van der Waals surface area contributed by atoms with E-state index in [1.54, 1.807) is 12.4 Å². The molecule has 0 unspecified atom stereocenters. The first kappa shape index (κ1) is 12.3. The highest BCUT2D eigenvalue weighted by Gasteiger charge is 2.00. The molecular weight excluding hydrogens is 304 g/mol.